The Hall–Kier alpha value is -2.46. The number of imide groups is 1. The Balaban J connectivity index is 1.84. The molecular weight excluding hydrogens is 407 g/mol. The maximum Gasteiger partial charge on any atom is 0.293 e. The summed E-state index contributed by atoms with van der Waals surface area (Å²) in [5, 5.41) is 9.16. The second-order valence-corrected chi connectivity index (χ2v) is 7.33. The van der Waals surface area contributed by atoms with Crippen LogP contribution in [0.1, 0.15) is 11.1 Å². The Labute approximate surface area is 170 Å². The lowest BCUT2D eigenvalue weighted by Crippen LogP contribution is -2.27. The third-order valence-corrected chi connectivity index (χ3v) is 5.21. The Morgan fingerprint density at radius 3 is 2.70 bits per heavy atom. The van der Waals surface area contributed by atoms with Crippen LogP contribution in [0, 0.1) is 11.3 Å². The van der Waals surface area contributed by atoms with Crippen molar-refractivity contribution in [3.8, 4) is 11.8 Å². The summed E-state index contributed by atoms with van der Waals surface area (Å²) in [6, 6.07) is 13.8. The summed E-state index contributed by atoms with van der Waals surface area (Å²) in [6.45, 7) is -0.0496. The van der Waals surface area contributed by atoms with Crippen LogP contribution in [0.3, 0.4) is 0 Å². The first-order chi connectivity index (χ1) is 13.0. The maximum atomic E-state index is 12.7. The number of rotatable bonds is 5. The summed E-state index contributed by atoms with van der Waals surface area (Å²) in [4.78, 5) is 26.4. The fraction of sp³-hybridized carbons (Fsp3) is 0.105. The minimum atomic E-state index is -0.411. The minimum absolute atomic E-state index is 0.0601. The van der Waals surface area contributed by atoms with Gasteiger partial charge < -0.3 is 4.74 Å². The summed E-state index contributed by atoms with van der Waals surface area (Å²) >= 11 is 12.9. The molecule has 2 aromatic rings. The van der Waals surface area contributed by atoms with Gasteiger partial charge in [0.25, 0.3) is 11.1 Å². The Bertz CT molecular complexity index is 985. The number of hydrogen-bond donors (Lipinski definition) is 0. The van der Waals surface area contributed by atoms with Gasteiger partial charge in [0.15, 0.2) is 6.61 Å². The van der Waals surface area contributed by atoms with E-state index in [-0.39, 0.29) is 23.3 Å². The van der Waals surface area contributed by atoms with Crippen molar-refractivity contribution in [1.82, 2.24) is 4.90 Å². The van der Waals surface area contributed by atoms with Crippen molar-refractivity contribution in [2.24, 2.45) is 0 Å². The van der Waals surface area contributed by atoms with Crippen molar-refractivity contribution in [1.29, 1.82) is 5.26 Å². The summed E-state index contributed by atoms with van der Waals surface area (Å²) in [5.74, 6) is 0.0534. The fourth-order valence-electron chi connectivity index (χ4n) is 2.44. The van der Waals surface area contributed by atoms with Crippen molar-refractivity contribution < 1.29 is 14.3 Å². The average molecular weight is 419 g/mol. The molecule has 0 saturated carbocycles. The second-order valence-electron chi connectivity index (χ2n) is 5.49. The standard InChI is InChI=1S/C19H12Cl2N2O3S/c20-14-6-5-13(15(21)10-14)11-23-18(24)17(27-19(23)25)9-12-3-1-2-4-16(12)26-8-7-22/h1-6,9-10H,8,11H2/b17-9-. The Morgan fingerprint density at radius 1 is 1.19 bits per heavy atom. The lowest BCUT2D eigenvalue weighted by molar-refractivity contribution is -0.123. The molecule has 2 amide bonds. The van der Waals surface area contributed by atoms with Gasteiger partial charge in [0.2, 0.25) is 0 Å². The van der Waals surface area contributed by atoms with Gasteiger partial charge in [-0.3, -0.25) is 14.5 Å². The molecule has 1 saturated heterocycles. The van der Waals surface area contributed by atoms with Crippen LogP contribution < -0.4 is 4.74 Å². The SMILES string of the molecule is N#CCOc1ccccc1/C=C1\SC(=O)N(Cc2ccc(Cl)cc2Cl)C1=O. The Morgan fingerprint density at radius 2 is 1.96 bits per heavy atom. The molecule has 3 rings (SSSR count). The molecule has 0 N–H and O–H groups in total. The molecule has 1 aliphatic heterocycles. The summed E-state index contributed by atoms with van der Waals surface area (Å²) in [6.07, 6.45) is 1.58. The largest absolute Gasteiger partial charge is 0.478 e. The number of thioether (sulfide) groups is 1. The summed E-state index contributed by atoms with van der Waals surface area (Å²) in [5.41, 5.74) is 1.24. The average Bonchev–Trinajstić information content (AvgIpc) is 2.90. The highest BCUT2D eigenvalue weighted by atomic mass is 35.5. The quantitative estimate of drug-likeness (QED) is 0.629. The first-order valence-corrected chi connectivity index (χ1v) is 9.35. The van der Waals surface area contributed by atoms with Crippen molar-refractivity contribution in [2.75, 3.05) is 6.61 Å². The van der Waals surface area contributed by atoms with E-state index in [1.165, 1.54) is 0 Å². The van der Waals surface area contributed by atoms with Crippen LogP contribution in [0.15, 0.2) is 47.4 Å². The number of ether oxygens (including phenoxy) is 1. The topological polar surface area (TPSA) is 70.4 Å². The van der Waals surface area contributed by atoms with Gasteiger partial charge in [0.1, 0.15) is 11.8 Å². The molecule has 8 heteroatoms. The molecule has 2 aromatic carbocycles. The van der Waals surface area contributed by atoms with Gasteiger partial charge in [-0.2, -0.15) is 5.26 Å². The molecule has 0 spiro atoms. The van der Waals surface area contributed by atoms with Crippen molar-refractivity contribution in [2.45, 2.75) is 6.54 Å². The zero-order chi connectivity index (χ0) is 19.4. The van der Waals surface area contributed by atoms with Crippen LogP contribution >= 0.6 is 35.0 Å². The van der Waals surface area contributed by atoms with Gasteiger partial charge in [0, 0.05) is 15.6 Å². The predicted octanol–water partition coefficient (Wildman–Crippen LogP) is 5.13. The molecular formula is C19H12Cl2N2O3S. The van der Waals surface area contributed by atoms with Crippen molar-refractivity contribution in [3.63, 3.8) is 0 Å². The second kappa shape index (κ2) is 8.49. The molecule has 0 unspecified atom stereocenters. The fourth-order valence-corrected chi connectivity index (χ4v) is 3.74. The predicted molar refractivity (Wildman–Crippen MR) is 106 cm³/mol. The molecule has 1 aliphatic rings. The number of nitriles is 1. The van der Waals surface area contributed by atoms with E-state index < -0.39 is 5.91 Å². The molecule has 0 bridgehead atoms. The van der Waals surface area contributed by atoms with Gasteiger partial charge in [-0.25, -0.2) is 0 Å². The molecule has 5 nitrogen and oxygen atoms in total. The zero-order valence-corrected chi connectivity index (χ0v) is 16.1. The van der Waals surface area contributed by atoms with Gasteiger partial charge >= 0.3 is 0 Å². The molecule has 1 fully saturated rings. The first-order valence-electron chi connectivity index (χ1n) is 7.77. The number of benzene rings is 2. The van der Waals surface area contributed by atoms with Crippen LogP contribution in [0.5, 0.6) is 5.75 Å². The van der Waals surface area contributed by atoms with Crippen molar-refractivity contribution in [3.05, 3.63) is 68.5 Å². The number of nitrogens with zero attached hydrogens (tertiary/aromatic N) is 2. The smallest absolute Gasteiger partial charge is 0.293 e. The Kier molecular flexibility index (Phi) is 6.07. The third kappa shape index (κ3) is 4.45. The number of hydrogen-bond acceptors (Lipinski definition) is 5. The van der Waals surface area contributed by atoms with Crippen LogP contribution in [0.2, 0.25) is 10.0 Å². The van der Waals surface area contributed by atoms with Crippen molar-refractivity contribution >= 4 is 52.2 Å². The maximum absolute atomic E-state index is 12.7. The van der Waals surface area contributed by atoms with Crippen LogP contribution in [0.25, 0.3) is 6.08 Å². The lowest BCUT2D eigenvalue weighted by Gasteiger charge is -2.13. The molecule has 1 heterocycles. The third-order valence-electron chi connectivity index (χ3n) is 3.71. The number of amides is 2. The molecule has 0 atom stereocenters. The molecule has 0 radical (unpaired) electrons. The number of carbonyl (C=O) groups excluding carboxylic acids is 2. The monoisotopic (exact) mass is 418 g/mol. The number of halogens is 2. The zero-order valence-electron chi connectivity index (χ0n) is 13.8. The summed E-state index contributed by atoms with van der Waals surface area (Å²) in [7, 11) is 0. The molecule has 136 valence electrons. The van der Waals surface area contributed by atoms with E-state index in [1.54, 1.807) is 48.5 Å². The van der Waals surface area contributed by atoms with Crippen LogP contribution in [-0.4, -0.2) is 22.7 Å². The van der Waals surface area contributed by atoms with E-state index in [1.807, 2.05) is 6.07 Å². The van der Waals surface area contributed by atoms with E-state index >= 15 is 0 Å². The van der Waals surface area contributed by atoms with Crippen LogP contribution in [0.4, 0.5) is 4.79 Å². The highest BCUT2D eigenvalue weighted by molar-refractivity contribution is 8.18. The van der Waals surface area contributed by atoms with Gasteiger partial charge in [-0.05, 0) is 41.6 Å². The van der Waals surface area contributed by atoms with Gasteiger partial charge in [0.05, 0.1) is 11.4 Å². The van der Waals surface area contributed by atoms with E-state index in [2.05, 4.69) is 0 Å². The highest BCUT2D eigenvalue weighted by Gasteiger charge is 2.35. The highest BCUT2D eigenvalue weighted by Crippen LogP contribution is 2.35. The van der Waals surface area contributed by atoms with Crippen LogP contribution in [-0.2, 0) is 11.3 Å². The van der Waals surface area contributed by atoms with E-state index in [0.29, 0.717) is 26.9 Å². The van der Waals surface area contributed by atoms with E-state index in [9.17, 15) is 9.59 Å². The lowest BCUT2D eigenvalue weighted by atomic mass is 10.1. The number of para-hydroxylation sites is 1. The van der Waals surface area contributed by atoms with E-state index in [0.717, 1.165) is 16.7 Å². The number of carbonyl (C=O) groups is 2. The van der Waals surface area contributed by atoms with Gasteiger partial charge in [-0.1, -0.05) is 47.5 Å². The van der Waals surface area contributed by atoms with E-state index in [4.69, 9.17) is 33.2 Å². The molecule has 27 heavy (non-hydrogen) atoms. The molecule has 0 aromatic heterocycles. The summed E-state index contributed by atoms with van der Waals surface area (Å²) < 4.78 is 5.35. The minimum Gasteiger partial charge on any atom is -0.478 e. The molecule has 0 aliphatic carbocycles. The normalized spacial score (nSPS) is 15.3. The first kappa shape index (κ1) is 19.3. The van der Waals surface area contributed by atoms with Gasteiger partial charge in [-0.15, -0.1) is 0 Å².